The van der Waals surface area contributed by atoms with E-state index in [9.17, 15) is 0 Å². The van der Waals surface area contributed by atoms with E-state index in [1.165, 1.54) is 0 Å². The highest BCUT2D eigenvalue weighted by Gasteiger charge is 2.14. The fourth-order valence-electron chi connectivity index (χ4n) is 2.03. The summed E-state index contributed by atoms with van der Waals surface area (Å²) in [5.74, 6) is 1.81. The number of benzene rings is 2. The molecule has 0 unspecified atom stereocenters. The molecule has 122 valence electrons. The normalized spacial score (nSPS) is 10.6. The van der Waals surface area contributed by atoms with Gasteiger partial charge in [0, 0.05) is 19.7 Å². The van der Waals surface area contributed by atoms with Crippen molar-refractivity contribution in [3.63, 3.8) is 0 Å². The van der Waals surface area contributed by atoms with Crippen molar-refractivity contribution in [1.82, 2.24) is 5.01 Å². The largest absolute Gasteiger partial charge is 0.493 e. The molecule has 0 aromatic heterocycles. The van der Waals surface area contributed by atoms with Gasteiger partial charge in [0.15, 0.2) is 11.5 Å². The number of hydrazone groups is 1. The molecule has 2 rings (SSSR count). The van der Waals surface area contributed by atoms with Crippen LogP contribution in [0, 0.1) is 0 Å². The molecule has 0 saturated carbocycles. The molecule has 0 N–H and O–H groups in total. The van der Waals surface area contributed by atoms with Crippen molar-refractivity contribution in [1.29, 1.82) is 0 Å². The van der Waals surface area contributed by atoms with E-state index >= 15 is 0 Å². The Bertz CT molecular complexity index is 630. The Morgan fingerprint density at radius 2 is 1.61 bits per heavy atom. The zero-order valence-electron chi connectivity index (χ0n) is 13.9. The maximum absolute atomic E-state index is 5.91. The molecule has 0 amide bonds. The summed E-state index contributed by atoms with van der Waals surface area (Å²) in [5.41, 5.74) is 1.95. The van der Waals surface area contributed by atoms with Crippen molar-refractivity contribution < 1.29 is 14.2 Å². The lowest BCUT2D eigenvalue weighted by Crippen LogP contribution is -2.03. The molecule has 2 aromatic rings. The first-order chi connectivity index (χ1) is 11.1. The molecule has 0 fully saturated rings. The van der Waals surface area contributed by atoms with E-state index in [2.05, 4.69) is 5.10 Å². The second kappa shape index (κ2) is 8.08. The molecule has 0 aliphatic heterocycles. The van der Waals surface area contributed by atoms with Gasteiger partial charge in [-0.25, -0.2) is 0 Å². The fourth-order valence-corrected chi connectivity index (χ4v) is 2.03. The van der Waals surface area contributed by atoms with Gasteiger partial charge in [0.25, 0.3) is 0 Å². The number of methoxy groups -OCH3 is 2. The van der Waals surface area contributed by atoms with Crippen LogP contribution in [0.25, 0.3) is 0 Å². The fraction of sp³-hybridized carbons (Fsp3) is 0.278. The smallest absolute Gasteiger partial charge is 0.203 e. The highest BCUT2D eigenvalue weighted by Crippen LogP contribution is 2.38. The number of nitrogens with zero attached hydrogens (tertiary/aromatic N) is 2. The van der Waals surface area contributed by atoms with E-state index in [1.807, 2.05) is 56.6 Å². The maximum Gasteiger partial charge on any atom is 0.203 e. The second-order valence-electron chi connectivity index (χ2n) is 5.12. The SMILES string of the molecule is COc1cc(/C=N/N(C)C)cc(OC)c1OCc1ccccc1. The zero-order valence-corrected chi connectivity index (χ0v) is 13.9. The Morgan fingerprint density at radius 1 is 1.00 bits per heavy atom. The Labute approximate surface area is 137 Å². The molecule has 0 aliphatic carbocycles. The summed E-state index contributed by atoms with van der Waals surface area (Å²) in [5, 5.41) is 5.95. The minimum absolute atomic E-state index is 0.443. The summed E-state index contributed by atoms with van der Waals surface area (Å²) in [6.07, 6.45) is 1.74. The first-order valence-electron chi connectivity index (χ1n) is 7.28. The molecule has 0 radical (unpaired) electrons. The van der Waals surface area contributed by atoms with E-state index in [0.717, 1.165) is 11.1 Å². The lowest BCUT2D eigenvalue weighted by molar-refractivity contribution is 0.266. The predicted octanol–water partition coefficient (Wildman–Crippen LogP) is 3.18. The van der Waals surface area contributed by atoms with Crippen LogP contribution in [-0.2, 0) is 6.61 Å². The van der Waals surface area contributed by atoms with E-state index in [1.54, 1.807) is 25.4 Å². The summed E-state index contributed by atoms with van der Waals surface area (Å²) < 4.78 is 16.8. The summed E-state index contributed by atoms with van der Waals surface area (Å²) in [6.45, 7) is 0.443. The van der Waals surface area contributed by atoms with Gasteiger partial charge in [0.1, 0.15) is 6.61 Å². The van der Waals surface area contributed by atoms with Crippen LogP contribution < -0.4 is 14.2 Å². The lowest BCUT2D eigenvalue weighted by Gasteiger charge is -2.15. The lowest BCUT2D eigenvalue weighted by atomic mass is 10.2. The third kappa shape index (κ3) is 4.64. The number of hydrogen-bond donors (Lipinski definition) is 0. The Kier molecular flexibility index (Phi) is 5.86. The third-order valence-electron chi connectivity index (χ3n) is 3.15. The van der Waals surface area contributed by atoms with Crippen molar-refractivity contribution >= 4 is 6.21 Å². The average molecular weight is 314 g/mol. The minimum Gasteiger partial charge on any atom is -0.493 e. The van der Waals surface area contributed by atoms with Crippen LogP contribution >= 0.6 is 0 Å². The van der Waals surface area contributed by atoms with Gasteiger partial charge in [-0.2, -0.15) is 5.10 Å². The number of ether oxygens (including phenoxy) is 3. The Balaban J connectivity index is 2.27. The van der Waals surface area contributed by atoms with Crippen LogP contribution in [0.2, 0.25) is 0 Å². The molecular weight excluding hydrogens is 292 g/mol. The monoisotopic (exact) mass is 314 g/mol. The summed E-state index contributed by atoms with van der Waals surface area (Å²) in [4.78, 5) is 0. The van der Waals surface area contributed by atoms with Crippen molar-refractivity contribution in [3.8, 4) is 17.2 Å². The summed E-state index contributed by atoms with van der Waals surface area (Å²) >= 11 is 0. The highest BCUT2D eigenvalue weighted by atomic mass is 16.5. The standard InChI is InChI=1S/C18H22N2O3/c1-20(2)19-12-15-10-16(21-3)18(17(11-15)22-4)23-13-14-8-6-5-7-9-14/h5-12H,13H2,1-4H3/b19-12+. The molecule has 0 heterocycles. The summed E-state index contributed by atoms with van der Waals surface area (Å²) in [7, 11) is 6.94. The predicted molar refractivity (Wildman–Crippen MR) is 91.6 cm³/mol. The van der Waals surface area contributed by atoms with Crippen molar-refractivity contribution in [3.05, 3.63) is 53.6 Å². The molecule has 0 bridgehead atoms. The molecule has 2 aromatic carbocycles. The zero-order chi connectivity index (χ0) is 16.7. The van der Waals surface area contributed by atoms with Crippen LogP contribution in [0.4, 0.5) is 0 Å². The van der Waals surface area contributed by atoms with E-state index < -0.39 is 0 Å². The molecule has 0 saturated heterocycles. The van der Waals surface area contributed by atoms with E-state index in [0.29, 0.717) is 23.9 Å². The maximum atomic E-state index is 5.91. The van der Waals surface area contributed by atoms with Crippen LogP contribution in [0.3, 0.4) is 0 Å². The highest BCUT2D eigenvalue weighted by molar-refractivity contribution is 5.82. The van der Waals surface area contributed by atoms with Crippen LogP contribution in [0.15, 0.2) is 47.6 Å². The number of hydrogen-bond acceptors (Lipinski definition) is 5. The van der Waals surface area contributed by atoms with Gasteiger partial charge < -0.3 is 19.2 Å². The quantitative estimate of drug-likeness (QED) is 0.581. The van der Waals surface area contributed by atoms with Gasteiger partial charge in [0.2, 0.25) is 5.75 Å². The van der Waals surface area contributed by atoms with Crippen LogP contribution in [-0.4, -0.2) is 39.5 Å². The van der Waals surface area contributed by atoms with Crippen LogP contribution in [0.5, 0.6) is 17.2 Å². The topological polar surface area (TPSA) is 43.3 Å². The molecule has 0 spiro atoms. The van der Waals surface area contributed by atoms with E-state index in [4.69, 9.17) is 14.2 Å². The van der Waals surface area contributed by atoms with Gasteiger partial charge in [-0.1, -0.05) is 30.3 Å². The molecular formula is C18H22N2O3. The number of rotatable bonds is 7. The van der Waals surface area contributed by atoms with Crippen LogP contribution in [0.1, 0.15) is 11.1 Å². The van der Waals surface area contributed by atoms with Crippen molar-refractivity contribution in [2.45, 2.75) is 6.61 Å². The molecule has 23 heavy (non-hydrogen) atoms. The molecule has 5 heteroatoms. The van der Waals surface area contributed by atoms with Gasteiger partial charge in [-0.05, 0) is 17.7 Å². The van der Waals surface area contributed by atoms with Gasteiger partial charge in [0.05, 0.1) is 20.4 Å². The first kappa shape index (κ1) is 16.7. The molecule has 0 aliphatic rings. The van der Waals surface area contributed by atoms with E-state index in [-0.39, 0.29) is 0 Å². The first-order valence-corrected chi connectivity index (χ1v) is 7.28. The van der Waals surface area contributed by atoms with Crippen molar-refractivity contribution in [2.75, 3.05) is 28.3 Å². The minimum atomic E-state index is 0.443. The van der Waals surface area contributed by atoms with Gasteiger partial charge in [-0.15, -0.1) is 0 Å². The average Bonchev–Trinajstić information content (AvgIpc) is 2.58. The van der Waals surface area contributed by atoms with Crippen molar-refractivity contribution in [2.24, 2.45) is 5.10 Å². The summed E-state index contributed by atoms with van der Waals surface area (Å²) in [6, 6.07) is 13.7. The third-order valence-corrected chi connectivity index (χ3v) is 3.15. The molecule has 5 nitrogen and oxygen atoms in total. The molecule has 0 atom stereocenters. The second-order valence-corrected chi connectivity index (χ2v) is 5.12. The van der Waals surface area contributed by atoms with Gasteiger partial charge >= 0.3 is 0 Å². The van der Waals surface area contributed by atoms with Gasteiger partial charge in [-0.3, -0.25) is 0 Å². The Hall–Kier alpha value is -2.69. The Morgan fingerprint density at radius 3 is 2.13 bits per heavy atom.